The molecule has 0 amide bonds. The zero-order valence-electron chi connectivity index (χ0n) is 11.9. The number of rotatable bonds is 6. The lowest BCUT2D eigenvalue weighted by atomic mass is 9.88. The van der Waals surface area contributed by atoms with Gasteiger partial charge in [-0.3, -0.25) is 4.79 Å². The SMILES string of the molecule is CC(=O)C[C@@H](CC(=O)c1ccccc1)c1ccccc1Cl. The Bertz CT molecular complexity index is 635. The predicted molar refractivity (Wildman–Crippen MR) is 84.9 cm³/mol. The lowest BCUT2D eigenvalue weighted by molar-refractivity contribution is -0.117. The molecule has 0 aliphatic carbocycles. The Kier molecular flexibility index (Phi) is 5.29. The molecule has 1 atom stereocenters. The molecule has 0 aliphatic rings. The lowest BCUT2D eigenvalue weighted by Gasteiger charge is -2.16. The molecule has 0 aliphatic heterocycles. The molecular formula is C18H17ClO2. The van der Waals surface area contributed by atoms with Crippen LogP contribution in [0.15, 0.2) is 54.6 Å². The van der Waals surface area contributed by atoms with E-state index in [0.29, 0.717) is 17.0 Å². The minimum Gasteiger partial charge on any atom is -0.300 e. The molecule has 0 heterocycles. The minimum absolute atomic E-state index is 0.0294. The normalized spacial score (nSPS) is 11.9. The van der Waals surface area contributed by atoms with Crippen LogP contribution in [0.25, 0.3) is 0 Å². The number of carbonyl (C=O) groups excluding carboxylic acids is 2. The van der Waals surface area contributed by atoms with Crippen LogP contribution in [0, 0.1) is 0 Å². The van der Waals surface area contributed by atoms with E-state index < -0.39 is 0 Å². The van der Waals surface area contributed by atoms with Crippen LogP contribution in [0.2, 0.25) is 5.02 Å². The van der Waals surface area contributed by atoms with Gasteiger partial charge in [0.15, 0.2) is 5.78 Å². The van der Waals surface area contributed by atoms with Crippen molar-refractivity contribution in [3.05, 3.63) is 70.7 Å². The molecule has 0 N–H and O–H groups in total. The second kappa shape index (κ2) is 7.19. The van der Waals surface area contributed by atoms with Gasteiger partial charge in [0.25, 0.3) is 0 Å². The van der Waals surface area contributed by atoms with Crippen molar-refractivity contribution in [1.29, 1.82) is 0 Å². The van der Waals surface area contributed by atoms with Crippen molar-refractivity contribution in [1.82, 2.24) is 0 Å². The van der Waals surface area contributed by atoms with Crippen molar-refractivity contribution < 1.29 is 9.59 Å². The van der Waals surface area contributed by atoms with E-state index >= 15 is 0 Å². The van der Waals surface area contributed by atoms with Crippen LogP contribution in [0.1, 0.15) is 41.6 Å². The second-order valence-corrected chi connectivity index (χ2v) is 5.53. The minimum atomic E-state index is -0.177. The van der Waals surface area contributed by atoms with E-state index in [1.165, 1.54) is 6.92 Å². The molecule has 0 saturated carbocycles. The highest BCUT2D eigenvalue weighted by atomic mass is 35.5. The van der Waals surface area contributed by atoms with Gasteiger partial charge in [-0.1, -0.05) is 60.1 Å². The van der Waals surface area contributed by atoms with Crippen molar-refractivity contribution in [2.24, 2.45) is 0 Å². The molecule has 2 rings (SSSR count). The summed E-state index contributed by atoms with van der Waals surface area (Å²) in [6.45, 7) is 1.54. The summed E-state index contributed by atoms with van der Waals surface area (Å²) in [5.41, 5.74) is 1.52. The second-order valence-electron chi connectivity index (χ2n) is 5.12. The molecule has 21 heavy (non-hydrogen) atoms. The van der Waals surface area contributed by atoms with Gasteiger partial charge >= 0.3 is 0 Å². The number of carbonyl (C=O) groups is 2. The van der Waals surface area contributed by atoms with E-state index in [1.807, 2.05) is 36.4 Å². The Balaban J connectivity index is 2.23. The molecule has 0 radical (unpaired) electrons. The monoisotopic (exact) mass is 300 g/mol. The Morgan fingerprint density at radius 2 is 1.57 bits per heavy atom. The van der Waals surface area contributed by atoms with Gasteiger partial charge in [0.2, 0.25) is 0 Å². The third-order valence-electron chi connectivity index (χ3n) is 3.41. The molecule has 3 heteroatoms. The largest absolute Gasteiger partial charge is 0.300 e. The first-order valence-electron chi connectivity index (χ1n) is 6.90. The van der Waals surface area contributed by atoms with Crippen LogP contribution < -0.4 is 0 Å². The number of ketones is 2. The molecular weight excluding hydrogens is 284 g/mol. The average Bonchev–Trinajstić information content (AvgIpc) is 2.47. The fraction of sp³-hybridized carbons (Fsp3) is 0.222. The summed E-state index contributed by atoms with van der Waals surface area (Å²) in [5.74, 6) is -0.0912. The van der Waals surface area contributed by atoms with E-state index in [9.17, 15) is 9.59 Å². The highest BCUT2D eigenvalue weighted by Gasteiger charge is 2.20. The van der Waals surface area contributed by atoms with Crippen molar-refractivity contribution in [2.75, 3.05) is 0 Å². The standard InChI is InChI=1S/C18H17ClO2/c1-13(20)11-15(16-9-5-6-10-17(16)19)12-18(21)14-7-3-2-4-8-14/h2-10,15H,11-12H2,1H3/t15-/m0/s1. The Morgan fingerprint density at radius 3 is 2.19 bits per heavy atom. The summed E-state index contributed by atoms with van der Waals surface area (Å²) in [6, 6.07) is 16.5. The van der Waals surface area contributed by atoms with Crippen LogP contribution in [0.3, 0.4) is 0 Å². The van der Waals surface area contributed by atoms with Gasteiger partial charge < -0.3 is 4.79 Å². The van der Waals surface area contributed by atoms with Crippen molar-refractivity contribution >= 4 is 23.2 Å². The van der Waals surface area contributed by atoms with Gasteiger partial charge in [-0.15, -0.1) is 0 Å². The lowest BCUT2D eigenvalue weighted by Crippen LogP contribution is -2.11. The molecule has 108 valence electrons. The summed E-state index contributed by atoms with van der Waals surface area (Å²) < 4.78 is 0. The Morgan fingerprint density at radius 1 is 0.952 bits per heavy atom. The van der Waals surface area contributed by atoms with Crippen molar-refractivity contribution in [3.63, 3.8) is 0 Å². The van der Waals surface area contributed by atoms with E-state index in [-0.39, 0.29) is 23.9 Å². The maximum absolute atomic E-state index is 12.4. The quantitative estimate of drug-likeness (QED) is 0.726. The van der Waals surface area contributed by atoms with E-state index in [0.717, 1.165) is 5.56 Å². The van der Waals surface area contributed by atoms with Gasteiger partial charge in [-0.05, 0) is 24.5 Å². The molecule has 2 aromatic carbocycles. The topological polar surface area (TPSA) is 34.1 Å². The molecule has 0 unspecified atom stereocenters. The van der Waals surface area contributed by atoms with Crippen LogP contribution in [0.5, 0.6) is 0 Å². The molecule has 2 aromatic rings. The van der Waals surface area contributed by atoms with Crippen molar-refractivity contribution in [3.8, 4) is 0 Å². The zero-order chi connectivity index (χ0) is 15.2. The maximum atomic E-state index is 12.4. The van der Waals surface area contributed by atoms with Gasteiger partial charge in [-0.2, -0.15) is 0 Å². The molecule has 0 saturated heterocycles. The van der Waals surface area contributed by atoms with Gasteiger partial charge in [0, 0.05) is 23.4 Å². The average molecular weight is 301 g/mol. The Labute approximate surface area is 129 Å². The number of hydrogen-bond acceptors (Lipinski definition) is 2. The van der Waals surface area contributed by atoms with E-state index in [1.54, 1.807) is 18.2 Å². The van der Waals surface area contributed by atoms with Crippen LogP contribution >= 0.6 is 11.6 Å². The van der Waals surface area contributed by atoms with Crippen LogP contribution in [-0.4, -0.2) is 11.6 Å². The summed E-state index contributed by atoms with van der Waals surface area (Å²) >= 11 is 6.21. The van der Waals surface area contributed by atoms with E-state index in [2.05, 4.69) is 0 Å². The number of benzene rings is 2. The first-order valence-corrected chi connectivity index (χ1v) is 7.28. The highest BCUT2D eigenvalue weighted by Crippen LogP contribution is 2.31. The molecule has 2 nitrogen and oxygen atoms in total. The number of Topliss-reactive ketones (excluding diaryl/α,β-unsaturated/α-hetero) is 2. The molecule has 0 spiro atoms. The maximum Gasteiger partial charge on any atom is 0.163 e. The van der Waals surface area contributed by atoms with Crippen LogP contribution in [-0.2, 0) is 4.79 Å². The molecule has 0 fully saturated rings. The molecule has 0 aromatic heterocycles. The smallest absolute Gasteiger partial charge is 0.163 e. The number of hydrogen-bond donors (Lipinski definition) is 0. The van der Waals surface area contributed by atoms with E-state index in [4.69, 9.17) is 11.6 Å². The molecule has 0 bridgehead atoms. The zero-order valence-corrected chi connectivity index (χ0v) is 12.6. The summed E-state index contributed by atoms with van der Waals surface area (Å²) in [7, 11) is 0. The third-order valence-corrected chi connectivity index (χ3v) is 3.75. The van der Waals surface area contributed by atoms with Crippen LogP contribution in [0.4, 0.5) is 0 Å². The van der Waals surface area contributed by atoms with Crippen molar-refractivity contribution in [2.45, 2.75) is 25.7 Å². The third kappa shape index (κ3) is 4.27. The first kappa shape index (κ1) is 15.5. The summed E-state index contributed by atoms with van der Waals surface area (Å²) in [4.78, 5) is 23.9. The highest BCUT2D eigenvalue weighted by molar-refractivity contribution is 6.31. The fourth-order valence-corrected chi connectivity index (χ4v) is 2.70. The van der Waals surface area contributed by atoms with Gasteiger partial charge in [-0.25, -0.2) is 0 Å². The van der Waals surface area contributed by atoms with Gasteiger partial charge in [0.05, 0.1) is 0 Å². The fourth-order valence-electron chi connectivity index (χ4n) is 2.41. The first-order chi connectivity index (χ1) is 10.1. The summed E-state index contributed by atoms with van der Waals surface area (Å²) in [6.07, 6.45) is 0.607. The summed E-state index contributed by atoms with van der Waals surface area (Å²) in [5, 5.41) is 0.601. The number of halogens is 1. The van der Waals surface area contributed by atoms with Gasteiger partial charge in [0.1, 0.15) is 5.78 Å². The Hall–Kier alpha value is -1.93. The predicted octanol–water partition coefficient (Wildman–Crippen LogP) is 4.68.